The van der Waals surface area contributed by atoms with E-state index >= 15 is 0 Å². The maximum atomic E-state index is 11.5. The molecule has 0 aliphatic carbocycles. The number of pyridine rings is 1. The van der Waals surface area contributed by atoms with Crippen molar-refractivity contribution in [2.75, 3.05) is 18.6 Å². The van der Waals surface area contributed by atoms with Crippen LogP contribution >= 0.6 is 0 Å². The van der Waals surface area contributed by atoms with Crippen molar-refractivity contribution in [2.24, 2.45) is 0 Å². The topological polar surface area (TPSA) is 96.4 Å². The van der Waals surface area contributed by atoms with Crippen molar-refractivity contribution in [1.29, 1.82) is 0 Å². The van der Waals surface area contributed by atoms with E-state index in [4.69, 9.17) is 0 Å². The van der Waals surface area contributed by atoms with Crippen molar-refractivity contribution < 1.29 is 18.3 Å². The highest BCUT2D eigenvalue weighted by Gasteiger charge is 2.11. The molecule has 94 valence electrons. The van der Waals surface area contributed by atoms with Gasteiger partial charge in [-0.15, -0.1) is 0 Å². The molecule has 0 aliphatic rings. The molecule has 0 aromatic carbocycles. The number of aromatic nitrogens is 1. The second-order valence-corrected chi connectivity index (χ2v) is 5.87. The van der Waals surface area contributed by atoms with E-state index in [1.54, 1.807) is 0 Å². The molecule has 6 nitrogen and oxygen atoms in total. The van der Waals surface area contributed by atoms with Crippen LogP contribution in [-0.4, -0.2) is 43.0 Å². The minimum Gasteiger partial charge on any atom is -0.505 e. The van der Waals surface area contributed by atoms with Gasteiger partial charge in [-0.2, -0.15) is 0 Å². The van der Waals surface area contributed by atoms with E-state index < -0.39 is 15.7 Å². The van der Waals surface area contributed by atoms with E-state index in [1.165, 1.54) is 18.3 Å². The van der Waals surface area contributed by atoms with Gasteiger partial charge >= 0.3 is 0 Å². The zero-order chi connectivity index (χ0) is 12.9. The third kappa shape index (κ3) is 4.81. The third-order valence-electron chi connectivity index (χ3n) is 1.98. The predicted molar refractivity (Wildman–Crippen MR) is 62.6 cm³/mol. The number of amides is 1. The summed E-state index contributed by atoms with van der Waals surface area (Å²) in [4.78, 5) is 15.2. The van der Waals surface area contributed by atoms with E-state index in [9.17, 15) is 18.3 Å². The van der Waals surface area contributed by atoms with Gasteiger partial charge in [-0.25, -0.2) is 13.4 Å². The standard InChI is InChI=1S/C10H14N2O4S/c1-17(15,16)7-3-6-12-10(14)9-8(13)4-2-5-11-9/h2,4-5,13H,3,6-7H2,1H3,(H,12,14). The van der Waals surface area contributed by atoms with Crippen LogP contribution in [0.15, 0.2) is 18.3 Å². The van der Waals surface area contributed by atoms with Gasteiger partial charge in [0.05, 0.1) is 5.75 Å². The number of carbonyl (C=O) groups excluding carboxylic acids is 1. The van der Waals surface area contributed by atoms with Crippen LogP contribution in [0.3, 0.4) is 0 Å². The third-order valence-corrected chi connectivity index (χ3v) is 3.01. The molecule has 0 fully saturated rings. The lowest BCUT2D eigenvalue weighted by atomic mass is 10.3. The summed E-state index contributed by atoms with van der Waals surface area (Å²) < 4.78 is 21.7. The number of rotatable bonds is 5. The first kappa shape index (κ1) is 13.4. The van der Waals surface area contributed by atoms with Crippen LogP contribution < -0.4 is 5.32 Å². The minimum absolute atomic E-state index is 0.0154. The van der Waals surface area contributed by atoms with Crippen LogP contribution in [-0.2, 0) is 9.84 Å². The van der Waals surface area contributed by atoms with Crippen LogP contribution in [0, 0.1) is 0 Å². The van der Waals surface area contributed by atoms with Gasteiger partial charge in [-0.1, -0.05) is 0 Å². The summed E-state index contributed by atoms with van der Waals surface area (Å²) in [5.41, 5.74) is -0.0631. The Labute approximate surface area is 99.6 Å². The molecule has 0 spiro atoms. The first-order chi connectivity index (χ1) is 7.90. The van der Waals surface area contributed by atoms with Crippen molar-refractivity contribution in [2.45, 2.75) is 6.42 Å². The Morgan fingerprint density at radius 1 is 1.53 bits per heavy atom. The smallest absolute Gasteiger partial charge is 0.273 e. The average molecular weight is 258 g/mol. The molecule has 0 atom stereocenters. The molecule has 7 heteroatoms. The Morgan fingerprint density at radius 2 is 2.24 bits per heavy atom. The van der Waals surface area contributed by atoms with Gasteiger partial charge in [-0.3, -0.25) is 4.79 Å². The molecule has 0 saturated heterocycles. The fourth-order valence-corrected chi connectivity index (χ4v) is 1.86. The van der Waals surface area contributed by atoms with Crippen molar-refractivity contribution >= 4 is 15.7 Å². The highest BCUT2D eigenvalue weighted by Crippen LogP contribution is 2.11. The van der Waals surface area contributed by atoms with E-state index in [0.717, 1.165) is 6.26 Å². The Balaban J connectivity index is 2.44. The lowest BCUT2D eigenvalue weighted by Gasteiger charge is -2.05. The summed E-state index contributed by atoms with van der Waals surface area (Å²) in [6, 6.07) is 2.87. The van der Waals surface area contributed by atoms with E-state index in [2.05, 4.69) is 10.3 Å². The first-order valence-corrected chi connectivity index (χ1v) is 7.06. The fourth-order valence-electron chi connectivity index (χ4n) is 1.19. The largest absolute Gasteiger partial charge is 0.505 e. The summed E-state index contributed by atoms with van der Waals surface area (Å²) in [7, 11) is -3.01. The minimum atomic E-state index is -3.01. The summed E-state index contributed by atoms with van der Waals surface area (Å²) >= 11 is 0. The number of nitrogens with one attached hydrogen (secondary N) is 1. The molecule has 1 aromatic heterocycles. The molecule has 1 amide bonds. The molecule has 0 aliphatic heterocycles. The average Bonchev–Trinajstić information content (AvgIpc) is 2.23. The van der Waals surface area contributed by atoms with Gasteiger partial charge in [0.25, 0.3) is 5.91 Å². The van der Waals surface area contributed by atoms with Crippen LogP contribution in [0.2, 0.25) is 0 Å². The highest BCUT2D eigenvalue weighted by molar-refractivity contribution is 7.90. The molecule has 0 unspecified atom stereocenters. The van der Waals surface area contributed by atoms with Crippen LogP contribution in [0.5, 0.6) is 5.75 Å². The summed E-state index contributed by atoms with van der Waals surface area (Å²) in [6.45, 7) is 0.224. The molecule has 1 rings (SSSR count). The number of sulfone groups is 1. The summed E-state index contributed by atoms with van der Waals surface area (Å²) in [5, 5.41) is 11.8. The number of carbonyl (C=O) groups is 1. The SMILES string of the molecule is CS(=O)(=O)CCCNC(=O)c1ncccc1O. The zero-order valence-electron chi connectivity index (χ0n) is 9.38. The van der Waals surface area contributed by atoms with Crippen LogP contribution in [0.4, 0.5) is 0 Å². The molecule has 2 N–H and O–H groups in total. The van der Waals surface area contributed by atoms with Gasteiger partial charge < -0.3 is 10.4 Å². The molecule has 0 radical (unpaired) electrons. The molecule has 1 heterocycles. The first-order valence-electron chi connectivity index (χ1n) is 5.00. The Kier molecular flexibility index (Phi) is 4.45. The second-order valence-electron chi connectivity index (χ2n) is 3.61. The molecule has 0 saturated carbocycles. The normalized spacial score (nSPS) is 11.1. The summed E-state index contributed by atoms with van der Waals surface area (Å²) in [5.74, 6) is -0.702. The lowest BCUT2D eigenvalue weighted by molar-refractivity contribution is 0.0945. The molecular formula is C10H14N2O4S. The summed E-state index contributed by atoms with van der Waals surface area (Å²) in [6.07, 6.45) is 2.86. The van der Waals surface area contributed by atoms with Crippen molar-refractivity contribution in [1.82, 2.24) is 10.3 Å². The van der Waals surface area contributed by atoms with Gasteiger partial charge in [0, 0.05) is 19.0 Å². The van der Waals surface area contributed by atoms with Crippen molar-refractivity contribution in [3.63, 3.8) is 0 Å². The second kappa shape index (κ2) is 5.62. The molecular weight excluding hydrogens is 244 g/mol. The van der Waals surface area contributed by atoms with Crippen LogP contribution in [0.25, 0.3) is 0 Å². The number of hydrogen-bond donors (Lipinski definition) is 2. The zero-order valence-corrected chi connectivity index (χ0v) is 10.2. The predicted octanol–water partition coefficient (Wildman–Crippen LogP) is -0.0483. The molecule has 1 aromatic rings. The maximum absolute atomic E-state index is 11.5. The Bertz CT molecular complexity index is 499. The van der Waals surface area contributed by atoms with Crippen molar-refractivity contribution in [3.8, 4) is 5.75 Å². The van der Waals surface area contributed by atoms with Gasteiger partial charge in [0.1, 0.15) is 15.6 Å². The van der Waals surface area contributed by atoms with E-state index in [-0.39, 0.29) is 23.7 Å². The van der Waals surface area contributed by atoms with E-state index in [0.29, 0.717) is 6.42 Å². The fraction of sp³-hybridized carbons (Fsp3) is 0.400. The van der Waals surface area contributed by atoms with Gasteiger partial charge in [-0.05, 0) is 18.6 Å². The number of hydrogen-bond acceptors (Lipinski definition) is 5. The quantitative estimate of drug-likeness (QED) is 0.722. The van der Waals surface area contributed by atoms with Gasteiger partial charge in [0.15, 0.2) is 5.69 Å². The monoisotopic (exact) mass is 258 g/mol. The molecule has 0 bridgehead atoms. The Morgan fingerprint density at radius 3 is 2.82 bits per heavy atom. The van der Waals surface area contributed by atoms with Crippen LogP contribution in [0.1, 0.15) is 16.9 Å². The number of aromatic hydroxyl groups is 1. The van der Waals surface area contributed by atoms with Crippen molar-refractivity contribution in [3.05, 3.63) is 24.0 Å². The lowest BCUT2D eigenvalue weighted by Crippen LogP contribution is -2.26. The van der Waals surface area contributed by atoms with E-state index in [1.807, 2.05) is 0 Å². The highest BCUT2D eigenvalue weighted by atomic mass is 32.2. The van der Waals surface area contributed by atoms with Gasteiger partial charge in [0.2, 0.25) is 0 Å². The maximum Gasteiger partial charge on any atom is 0.273 e. The molecule has 17 heavy (non-hydrogen) atoms. The number of nitrogens with zero attached hydrogens (tertiary/aromatic N) is 1. The Hall–Kier alpha value is -1.63.